The number of hydrogen-bond donors (Lipinski definition) is 1. The van der Waals surface area contributed by atoms with Gasteiger partial charge in [-0.25, -0.2) is 0 Å². The second-order valence-corrected chi connectivity index (χ2v) is 4.56. The van der Waals surface area contributed by atoms with Gasteiger partial charge in [-0.05, 0) is 26.2 Å². The molecule has 18 heavy (non-hydrogen) atoms. The Morgan fingerprint density at radius 3 is 2.11 bits per heavy atom. The Bertz CT molecular complexity index is 262. The van der Waals surface area contributed by atoms with Crippen molar-refractivity contribution in [1.82, 2.24) is 0 Å². The second kappa shape index (κ2) is 8.91. The number of esters is 2. The number of aliphatic hydroxyl groups is 1. The van der Waals surface area contributed by atoms with Crippen LogP contribution in [-0.2, 0) is 19.1 Å². The number of aliphatic hydroxyl groups excluding tert-OH is 1. The van der Waals surface area contributed by atoms with Crippen molar-refractivity contribution in [2.45, 2.75) is 46.6 Å². The maximum absolute atomic E-state index is 11.7. The molecule has 0 amide bonds. The largest absolute Gasteiger partial charge is 0.466 e. The lowest BCUT2D eigenvalue weighted by Gasteiger charge is -2.22. The van der Waals surface area contributed by atoms with Crippen molar-refractivity contribution in [3.8, 4) is 0 Å². The van der Waals surface area contributed by atoms with E-state index in [1.54, 1.807) is 13.8 Å². The summed E-state index contributed by atoms with van der Waals surface area (Å²) in [6.07, 6.45) is -0.741. The molecule has 0 aromatic rings. The molecule has 0 saturated carbocycles. The zero-order valence-corrected chi connectivity index (χ0v) is 11.6. The van der Waals surface area contributed by atoms with Gasteiger partial charge < -0.3 is 14.6 Å². The van der Waals surface area contributed by atoms with Crippen LogP contribution in [0.4, 0.5) is 0 Å². The Labute approximate surface area is 108 Å². The Morgan fingerprint density at radius 1 is 1.11 bits per heavy atom. The fourth-order valence-electron chi connectivity index (χ4n) is 1.70. The molecule has 0 bridgehead atoms. The third kappa shape index (κ3) is 6.59. The summed E-state index contributed by atoms with van der Waals surface area (Å²) in [6, 6.07) is 0. The number of hydrogen-bond acceptors (Lipinski definition) is 5. The first kappa shape index (κ1) is 16.9. The van der Waals surface area contributed by atoms with E-state index in [-0.39, 0.29) is 25.6 Å². The number of carbonyl (C=O) groups is 2. The zero-order valence-electron chi connectivity index (χ0n) is 11.6. The molecule has 2 atom stereocenters. The van der Waals surface area contributed by atoms with Crippen LogP contribution < -0.4 is 0 Å². The summed E-state index contributed by atoms with van der Waals surface area (Å²) in [7, 11) is 0. The topological polar surface area (TPSA) is 72.8 Å². The van der Waals surface area contributed by atoms with Gasteiger partial charge in [0.15, 0.2) is 0 Å². The normalized spacial score (nSPS) is 14.1. The van der Waals surface area contributed by atoms with Crippen LogP contribution in [0.15, 0.2) is 0 Å². The summed E-state index contributed by atoms with van der Waals surface area (Å²) >= 11 is 0. The summed E-state index contributed by atoms with van der Waals surface area (Å²) in [5.41, 5.74) is 0. The van der Waals surface area contributed by atoms with Crippen LogP contribution in [0.5, 0.6) is 0 Å². The molecule has 0 unspecified atom stereocenters. The van der Waals surface area contributed by atoms with E-state index >= 15 is 0 Å². The Hall–Kier alpha value is -1.10. The van der Waals surface area contributed by atoms with E-state index in [1.807, 2.05) is 13.8 Å². The van der Waals surface area contributed by atoms with Crippen LogP contribution in [0, 0.1) is 11.8 Å². The highest BCUT2D eigenvalue weighted by molar-refractivity contribution is 5.75. The zero-order chi connectivity index (χ0) is 14.1. The van der Waals surface area contributed by atoms with Gasteiger partial charge in [-0.2, -0.15) is 0 Å². The predicted molar refractivity (Wildman–Crippen MR) is 66.8 cm³/mol. The molecule has 0 heterocycles. The lowest BCUT2D eigenvalue weighted by molar-refractivity contribution is -0.155. The highest BCUT2D eigenvalue weighted by atomic mass is 16.5. The van der Waals surface area contributed by atoms with Crippen LogP contribution >= 0.6 is 0 Å². The van der Waals surface area contributed by atoms with Crippen LogP contribution in [-0.4, -0.2) is 36.4 Å². The summed E-state index contributed by atoms with van der Waals surface area (Å²) in [6.45, 7) is 7.83. The molecule has 5 heteroatoms. The minimum atomic E-state index is -1.05. The molecule has 0 radical (unpaired) electrons. The van der Waals surface area contributed by atoms with E-state index in [1.165, 1.54) is 0 Å². The molecule has 0 aliphatic heterocycles. The third-order valence-corrected chi connectivity index (χ3v) is 2.46. The highest BCUT2D eigenvalue weighted by Gasteiger charge is 2.30. The van der Waals surface area contributed by atoms with Gasteiger partial charge in [-0.3, -0.25) is 9.59 Å². The Kier molecular flexibility index (Phi) is 8.37. The Morgan fingerprint density at radius 2 is 1.67 bits per heavy atom. The summed E-state index contributed by atoms with van der Waals surface area (Å²) in [5.74, 6) is -1.39. The van der Waals surface area contributed by atoms with Crippen molar-refractivity contribution in [3.05, 3.63) is 0 Å². The van der Waals surface area contributed by atoms with Crippen molar-refractivity contribution in [2.75, 3.05) is 13.2 Å². The van der Waals surface area contributed by atoms with Gasteiger partial charge >= 0.3 is 11.9 Å². The van der Waals surface area contributed by atoms with Crippen LogP contribution in [0.2, 0.25) is 0 Å². The fraction of sp³-hybridized carbons (Fsp3) is 0.846. The van der Waals surface area contributed by atoms with Crippen LogP contribution in [0.1, 0.15) is 40.5 Å². The molecule has 0 spiro atoms. The van der Waals surface area contributed by atoms with Crippen LogP contribution in [0.25, 0.3) is 0 Å². The smallest absolute Gasteiger partial charge is 0.311 e. The first-order valence-electron chi connectivity index (χ1n) is 6.42. The molecule has 0 aliphatic rings. The molecule has 5 nitrogen and oxygen atoms in total. The Balaban J connectivity index is 4.53. The van der Waals surface area contributed by atoms with Gasteiger partial charge in [0.2, 0.25) is 0 Å². The van der Waals surface area contributed by atoms with Crippen molar-refractivity contribution < 1.29 is 24.2 Å². The van der Waals surface area contributed by atoms with E-state index in [9.17, 15) is 14.7 Å². The average Bonchev–Trinajstić information content (AvgIpc) is 2.25. The van der Waals surface area contributed by atoms with E-state index in [4.69, 9.17) is 9.47 Å². The number of ether oxygens (including phenoxy) is 2. The summed E-state index contributed by atoms with van der Waals surface area (Å²) < 4.78 is 9.67. The van der Waals surface area contributed by atoms with Crippen molar-refractivity contribution >= 4 is 11.9 Å². The van der Waals surface area contributed by atoms with E-state index in [0.29, 0.717) is 6.42 Å². The number of carbonyl (C=O) groups excluding carboxylic acids is 2. The first-order chi connectivity index (χ1) is 8.42. The molecule has 0 aromatic heterocycles. The molecular weight excluding hydrogens is 236 g/mol. The van der Waals surface area contributed by atoms with Crippen molar-refractivity contribution in [3.63, 3.8) is 0 Å². The van der Waals surface area contributed by atoms with E-state index in [0.717, 1.165) is 0 Å². The van der Waals surface area contributed by atoms with Crippen LogP contribution in [0.3, 0.4) is 0 Å². The minimum Gasteiger partial charge on any atom is -0.466 e. The molecule has 0 aromatic carbocycles. The summed E-state index contributed by atoms with van der Waals surface area (Å²) in [5, 5.41) is 9.95. The second-order valence-electron chi connectivity index (χ2n) is 4.56. The number of rotatable bonds is 8. The lowest BCUT2D eigenvalue weighted by atomic mass is 9.90. The highest BCUT2D eigenvalue weighted by Crippen LogP contribution is 2.20. The predicted octanol–water partition coefficient (Wildman–Crippen LogP) is 1.53. The van der Waals surface area contributed by atoms with Gasteiger partial charge in [0.1, 0.15) is 0 Å². The maximum Gasteiger partial charge on any atom is 0.311 e. The average molecular weight is 260 g/mol. The SMILES string of the molecule is CCOC(=O)C[C@H](O)[C@@H](CC(C)C)C(=O)OCC. The maximum atomic E-state index is 11.7. The quantitative estimate of drug-likeness (QED) is 0.670. The van der Waals surface area contributed by atoms with Gasteiger partial charge in [0.25, 0.3) is 0 Å². The first-order valence-corrected chi connectivity index (χ1v) is 6.42. The van der Waals surface area contributed by atoms with Crippen molar-refractivity contribution in [2.24, 2.45) is 11.8 Å². The fourth-order valence-corrected chi connectivity index (χ4v) is 1.70. The van der Waals surface area contributed by atoms with Crippen molar-refractivity contribution in [1.29, 1.82) is 0 Å². The van der Waals surface area contributed by atoms with Gasteiger partial charge in [0, 0.05) is 0 Å². The van der Waals surface area contributed by atoms with E-state index in [2.05, 4.69) is 0 Å². The van der Waals surface area contributed by atoms with E-state index < -0.39 is 24.0 Å². The molecule has 0 fully saturated rings. The standard InChI is InChI=1S/C13H24O5/c1-5-17-12(15)8-11(14)10(7-9(3)4)13(16)18-6-2/h9-11,14H,5-8H2,1-4H3/t10-,11+/m1/s1. The molecular formula is C13H24O5. The molecule has 0 rings (SSSR count). The van der Waals surface area contributed by atoms with Gasteiger partial charge in [-0.15, -0.1) is 0 Å². The molecule has 106 valence electrons. The minimum absolute atomic E-state index is 0.177. The third-order valence-electron chi connectivity index (χ3n) is 2.46. The lowest BCUT2D eigenvalue weighted by Crippen LogP contribution is -2.33. The monoisotopic (exact) mass is 260 g/mol. The molecule has 0 saturated heterocycles. The molecule has 0 aliphatic carbocycles. The molecule has 1 N–H and O–H groups in total. The summed E-state index contributed by atoms with van der Waals surface area (Å²) in [4.78, 5) is 23.0. The van der Waals surface area contributed by atoms with Gasteiger partial charge in [0.05, 0.1) is 31.7 Å². The van der Waals surface area contributed by atoms with Gasteiger partial charge in [-0.1, -0.05) is 13.8 Å².